The Morgan fingerprint density at radius 3 is 2.77 bits per heavy atom. The summed E-state index contributed by atoms with van der Waals surface area (Å²) in [5.74, 6) is -1.75. The fraction of sp³-hybridized carbons (Fsp3) is 0.333. The van der Waals surface area contributed by atoms with E-state index in [0.717, 1.165) is 5.39 Å². The van der Waals surface area contributed by atoms with Crippen LogP contribution in [-0.4, -0.2) is 60.7 Å². The number of sulfone groups is 1. The van der Waals surface area contributed by atoms with Crippen LogP contribution < -0.4 is 15.0 Å². The van der Waals surface area contributed by atoms with Crippen molar-refractivity contribution < 1.29 is 31.5 Å². The predicted molar refractivity (Wildman–Crippen MR) is 153 cm³/mol. The van der Waals surface area contributed by atoms with E-state index < -0.39 is 21.7 Å². The van der Waals surface area contributed by atoms with Gasteiger partial charge < -0.3 is 19.7 Å². The molecule has 1 N–H and O–H groups in total. The molecule has 222 valence electrons. The molecule has 13 heteroatoms. The largest absolute Gasteiger partial charge is 0.488 e. The standard InChI is InChI=1S/C30H27F2N5O5S/c31-30(32)13-21(14-30)23-4-5-25-28(36-23)37(7-8-42-25)27-6-3-19-15-33-22(12-24(19)35-27)16-34-29(38)18-1-2-20-17-41-9-10-43(39,40)26(20)11-18/h1-6,11-12,15,21H,7-10,13-14,16-17H2,(H,34,38). The van der Waals surface area contributed by atoms with Crippen molar-refractivity contribution in [2.24, 2.45) is 0 Å². The summed E-state index contributed by atoms with van der Waals surface area (Å²) in [5.41, 5.74) is 2.59. The minimum Gasteiger partial charge on any atom is -0.488 e. The lowest BCUT2D eigenvalue weighted by atomic mass is 9.79. The van der Waals surface area contributed by atoms with E-state index in [1.165, 1.54) is 6.07 Å². The van der Waals surface area contributed by atoms with Gasteiger partial charge in [0.2, 0.25) is 5.92 Å². The van der Waals surface area contributed by atoms with Gasteiger partial charge in [0.1, 0.15) is 12.4 Å². The lowest BCUT2D eigenvalue weighted by Crippen LogP contribution is -2.35. The number of hydrogen-bond acceptors (Lipinski definition) is 9. The maximum Gasteiger partial charge on any atom is 0.251 e. The Hall–Kier alpha value is -4.23. The van der Waals surface area contributed by atoms with E-state index in [2.05, 4.69) is 10.3 Å². The summed E-state index contributed by atoms with van der Waals surface area (Å²) in [6, 6.07) is 13.6. The number of nitrogens with zero attached hydrogens (tertiary/aromatic N) is 4. The zero-order valence-electron chi connectivity index (χ0n) is 22.9. The van der Waals surface area contributed by atoms with Gasteiger partial charge >= 0.3 is 0 Å². The Morgan fingerprint density at radius 1 is 1.07 bits per heavy atom. The summed E-state index contributed by atoms with van der Waals surface area (Å²) in [6.45, 7) is 1.29. The van der Waals surface area contributed by atoms with Gasteiger partial charge in [-0.05, 0) is 48.0 Å². The Morgan fingerprint density at radius 2 is 1.93 bits per heavy atom. The molecule has 1 amide bonds. The average molecular weight is 608 g/mol. The van der Waals surface area contributed by atoms with E-state index in [1.54, 1.807) is 36.5 Å². The second kappa shape index (κ2) is 10.5. The molecule has 0 bridgehead atoms. The molecule has 1 fully saturated rings. The van der Waals surface area contributed by atoms with Crippen LogP contribution in [0.25, 0.3) is 10.9 Å². The fourth-order valence-corrected chi connectivity index (χ4v) is 6.95. The first-order valence-corrected chi connectivity index (χ1v) is 15.6. The monoisotopic (exact) mass is 607 g/mol. The number of benzene rings is 1. The van der Waals surface area contributed by atoms with E-state index >= 15 is 0 Å². The number of ether oxygens (including phenoxy) is 2. The lowest BCUT2D eigenvalue weighted by Gasteiger charge is -2.36. The number of anilines is 2. The van der Waals surface area contributed by atoms with Crippen LogP contribution in [0.4, 0.5) is 20.4 Å². The quantitative estimate of drug-likeness (QED) is 0.354. The van der Waals surface area contributed by atoms with Crippen LogP contribution in [0.3, 0.4) is 0 Å². The number of fused-ring (bicyclic) bond motifs is 3. The maximum absolute atomic E-state index is 13.5. The number of nitrogens with one attached hydrogen (secondary N) is 1. The normalized spacial score (nSPS) is 19.0. The number of carbonyl (C=O) groups excluding carboxylic acids is 1. The molecular weight excluding hydrogens is 580 g/mol. The molecule has 1 saturated carbocycles. The van der Waals surface area contributed by atoms with Crippen LogP contribution >= 0.6 is 0 Å². The van der Waals surface area contributed by atoms with Crippen molar-refractivity contribution in [3.63, 3.8) is 0 Å². The molecule has 43 heavy (non-hydrogen) atoms. The van der Waals surface area contributed by atoms with Gasteiger partial charge in [-0.3, -0.25) is 9.78 Å². The molecule has 1 aliphatic carbocycles. The van der Waals surface area contributed by atoms with Crippen LogP contribution in [0.5, 0.6) is 5.75 Å². The number of aromatic nitrogens is 3. The number of amides is 1. The van der Waals surface area contributed by atoms with E-state index in [1.807, 2.05) is 17.0 Å². The first-order valence-electron chi connectivity index (χ1n) is 13.9. The summed E-state index contributed by atoms with van der Waals surface area (Å²) >= 11 is 0. The molecule has 1 aromatic carbocycles. The number of rotatable bonds is 5. The molecule has 0 spiro atoms. The highest BCUT2D eigenvalue weighted by Gasteiger charge is 2.46. The molecule has 3 aliphatic rings. The molecule has 2 aliphatic heterocycles. The predicted octanol–water partition coefficient (Wildman–Crippen LogP) is 4.30. The average Bonchev–Trinajstić information content (AvgIpc) is 3.14. The van der Waals surface area contributed by atoms with Crippen molar-refractivity contribution >= 4 is 38.3 Å². The van der Waals surface area contributed by atoms with Gasteiger partial charge in [0.15, 0.2) is 21.4 Å². The molecular formula is C30H27F2N5O5S. The van der Waals surface area contributed by atoms with Crippen LogP contribution in [0.15, 0.2) is 59.6 Å². The first kappa shape index (κ1) is 27.6. The Kier molecular flexibility index (Phi) is 6.73. The number of halogens is 2. The van der Waals surface area contributed by atoms with Crippen LogP contribution in [0, 0.1) is 0 Å². The molecule has 4 aromatic rings. The number of carbonyl (C=O) groups is 1. The van der Waals surface area contributed by atoms with Crippen molar-refractivity contribution in [3.05, 3.63) is 77.2 Å². The first-order chi connectivity index (χ1) is 20.6. The van der Waals surface area contributed by atoms with Crippen molar-refractivity contribution in [2.75, 3.05) is 30.4 Å². The van der Waals surface area contributed by atoms with Gasteiger partial charge in [-0.25, -0.2) is 27.2 Å². The van der Waals surface area contributed by atoms with Crippen molar-refractivity contribution in [3.8, 4) is 5.75 Å². The molecule has 5 heterocycles. The van der Waals surface area contributed by atoms with Crippen molar-refractivity contribution in [1.29, 1.82) is 0 Å². The SMILES string of the molecule is O=C(NCc1cc2nc(N3CCOc4ccc(C5CC(F)(F)C5)nc43)ccc2cn1)c1ccc2c(c1)S(=O)(=O)CCOC2. The summed E-state index contributed by atoms with van der Waals surface area (Å²) in [6.07, 6.45) is 1.25. The summed E-state index contributed by atoms with van der Waals surface area (Å²) < 4.78 is 63.3. The number of hydrogen-bond donors (Lipinski definition) is 1. The topological polar surface area (TPSA) is 124 Å². The molecule has 0 unspecified atom stereocenters. The Bertz CT molecular complexity index is 1860. The zero-order chi connectivity index (χ0) is 29.8. The molecule has 3 aromatic heterocycles. The molecule has 0 radical (unpaired) electrons. The van der Waals surface area contributed by atoms with Gasteiger partial charge in [-0.1, -0.05) is 6.07 Å². The summed E-state index contributed by atoms with van der Waals surface area (Å²) in [5, 5.41) is 3.60. The van der Waals surface area contributed by atoms with E-state index in [0.29, 0.717) is 53.0 Å². The molecule has 10 nitrogen and oxygen atoms in total. The highest BCUT2D eigenvalue weighted by atomic mass is 32.2. The van der Waals surface area contributed by atoms with Crippen LogP contribution in [-0.2, 0) is 27.7 Å². The van der Waals surface area contributed by atoms with Crippen molar-refractivity contribution in [2.45, 2.75) is 42.7 Å². The third-order valence-electron chi connectivity index (χ3n) is 7.94. The van der Waals surface area contributed by atoms with E-state index in [4.69, 9.17) is 19.4 Å². The minimum absolute atomic E-state index is 0.102. The minimum atomic E-state index is -3.54. The van der Waals surface area contributed by atoms with Gasteiger partial charge in [0.25, 0.3) is 5.91 Å². The third kappa shape index (κ3) is 5.38. The molecule has 0 atom stereocenters. The van der Waals surface area contributed by atoms with Gasteiger partial charge in [-0.2, -0.15) is 0 Å². The molecule has 0 saturated heterocycles. The van der Waals surface area contributed by atoms with Gasteiger partial charge in [0.05, 0.1) is 48.2 Å². The van der Waals surface area contributed by atoms with Crippen molar-refractivity contribution in [1.82, 2.24) is 20.3 Å². The highest BCUT2D eigenvalue weighted by molar-refractivity contribution is 7.91. The van der Waals surface area contributed by atoms with E-state index in [9.17, 15) is 22.0 Å². The summed E-state index contributed by atoms with van der Waals surface area (Å²) in [7, 11) is -3.54. The Labute approximate surface area is 246 Å². The lowest BCUT2D eigenvalue weighted by molar-refractivity contribution is -0.0876. The molecule has 7 rings (SSSR count). The van der Waals surface area contributed by atoms with Gasteiger partial charge in [-0.15, -0.1) is 0 Å². The maximum atomic E-state index is 13.5. The second-order valence-corrected chi connectivity index (χ2v) is 13.0. The van der Waals surface area contributed by atoms with E-state index in [-0.39, 0.29) is 54.7 Å². The van der Waals surface area contributed by atoms with Crippen LogP contribution in [0.1, 0.15) is 46.1 Å². The number of pyridine rings is 3. The third-order valence-corrected chi connectivity index (χ3v) is 9.69. The second-order valence-electron chi connectivity index (χ2n) is 10.9. The zero-order valence-corrected chi connectivity index (χ0v) is 23.7. The number of alkyl halides is 2. The Balaban J connectivity index is 1.10. The van der Waals surface area contributed by atoms with Crippen LogP contribution in [0.2, 0.25) is 0 Å². The summed E-state index contributed by atoms with van der Waals surface area (Å²) in [4.78, 5) is 28.9. The fourth-order valence-electron chi connectivity index (χ4n) is 5.56. The smallest absolute Gasteiger partial charge is 0.251 e. The van der Waals surface area contributed by atoms with Gasteiger partial charge in [0, 0.05) is 41.6 Å². The highest BCUT2D eigenvalue weighted by Crippen LogP contribution is 2.49.